The molecule has 1 heterocycles. The quantitative estimate of drug-likeness (QED) is 0.731. The van der Waals surface area contributed by atoms with Gasteiger partial charge in [0, 0.05) is 43.0 Å². The average molecular weight is 430 g/mol. The smallest absolute Gasteiger partial charge is 0.255 e. The van der Waals surface area contributed by atoms with Gasteiger partial charge in [-0.05, 0) is 55.3 Å². The van der Waals surface area contributed by atoms with Crippen LogP contribution in [0.25, 0.3) is 0 Å². The minimum absolute atomic E-state index is 0.102. The topological polar surface area (TPSA) is 86.8 Å². The highest BCUT2D eigenvalue weighted by atomic mass is 32.2. The van der Waals surface area contributed by atoms with Gasteiger partial charge in [-0.1, -0.05) is 19.9 Å². The lowest BCUT2D eigenvalue weighted by atomic mass is 10.1. The molecule has 0 atom stereocenters. The fourth-order valence-electron chi connectivity index (χ4n) is 3.56. The van der Waals surface area contributed by atoms with E-state index in [0.717, 1.165) is 12.1 Å². The normalized spacial score (nSPS) is 14.4. The molecule has 160 valence electrons. The summed E-state index contributed by atoms with van der Waals surface area (Å²) in [5.74, 6) is -0.275. The summed E-state index contributed by atoms with van der Waals surface area (Å²) in [7, 11) is -3.65. The number of anilines is 2. The Bertz CT molecular complexity index is 1040. The number of sulfonamides is 1. The molecule has 0 saturated carbocycles. The Labute approximate surface area is 177 Å². The zero-order chi connectivity index (χ0) is 21.9. The second-order valence-electron chi connectivity index (χ2n) is 7.22. The number of benzene rings is 2. The Morgan fingerprint density at radius 3 is 2.33 bits per heavy atom. The summed E-state index contributed by atoms with van der Waals surface area (Å²) in [6, 6.07) is 11.7. The molecule has 2 aromatic carbocycles. The third-order valence-corrected chi connectivity index (χ3v) is 7.35. The van der Waals surface area contributed by atoms with Gasteiger partial charge in [-0.3, -0.25) is 9.59 Å². The molecule has 1 saturated heterocycles. The van der Waals surface area contributed by atoms with Crippen molar-refractivity contribution >= 4 is 33.2 Å². The molecule has 0 spiro atoms. The highest BCUT2D eigenvalue weighted by molar-refractivity contribution is 7.89. The number of amides is 2. The van der Waals surface area contributed by atoms with Crippen molar-refractivity contribution in [1.82, 2.24) is 4.31 Å². The first-order chi connectivity index (χ1) is 14.3. The van der Waals surface area contributed by atoms with Gasteiger partial charge in [0.05, 0.1) is 4.90 Å². The first kappa shape index (κ1) is 22.0. The molecular formula is C22H27N3O4S. The molecule has 7 nitrogen and oxygen atoms in total. The molecule has 8 heteroatoms. The molecule has 2 aromatic rings. The molecule has 3 rings (SSSR count). The van der Waals surface area contributed by atoms with Crippen molar-refractivity contribution in [2.75, 3.05) is 29.9 Å². The fraction of sp³-hybridized carbons (Fsp3) is 0.364. The number of hydrogen-bond acceptors (Lipinski definition) is 4. The van der Waals surface area contributed by atoms with Crippen LogP contribution in [0.3, 0.4) is 0 Å². The first-order valence-electron chi connectivity index (χ1n) is 10.1. The van der Waals surface area contributed by atoms with Crippen LogP contribution in [0.2, 0.25) is 0 Å². The summed E-state index contributed by atoms with van der Waals surface area (Å²) in [5, 5.41) is 2.81. The average Bonchev–Trinajstić information content (AvgIpc) is 3.15. The van der Waals surface area contributed by atoms with Gasteiger partial charge in [-0.25, -0.2) is 8.42 Å². The van der Waals surface area contributed by atoms with Crippen LogP contribution in [-0.4, -0.2) is 44.2 Å². The van der Waals surface area contributed by atoms with E-state index in [4.69, 9.17) is 0 Å². The summed E-state index contributed by atoms with van der Waals surface area (Å²) in [6.45, 7) is 6.76. The zero-order valence-electron chi connectivity index (χ0n) is 17.5. The van der Waals surface area contributed by atoms with Crippen LogP contribution in [0.4, 0.5) is 11.4 Å². The van der Waals surface area contributed by atoms with Gasteiger partial charge in [0.2, 0.25) is 15.9 Å². The maximum Gasteiger partial charge on any atom is 0.255 e. The molecule has 1 aliphatic heterocycles. The van der Waals surface area contributed by atoms with E-state index in [1.807, 2.05) is 0 Å². The van der Waals surface area contributed by atoms with Gasteiger partial charge >= 0.3 is 0 Å². The Morgan fingerprint density at radius 1 is 1.10 bits per heavy atom. The summed E-state index contributed by atoms with van der Waals surface area (Å²) in [6.07, 6.45) is 1.41. The maximum atomic E-state index is 12.8. The first-order valence-corrected chi connectivity index (χ1v) is 11.5. The van der Waals surface area contributed by atoms with Gasteiger partial charge in [0.1, 0.15) is 0 Å². The Morgan fingerprint density at radius 2 is 1.77 bits per heavy atom. The van der Waals surface area contributed by atoms with E-state index in [-0.39, 0.29) is 16.7 Å². The second kappa shape index (κ2) is 8.97. The van der Waals surface area contributed by atoms with Crippen LogP contribution in [0.1, 0.15) is 42.6 Å². The lowest BCUT2D eigenvalue weighted by Crippen LogP contribution is -2.30. The second-order valence-corrected chi connectivity index (χ2v) is 9.15. The summed E-state index contributed by atoms with van der Waals surface area (Å²) in [4.78, 5) is 26.5. The van der Waals surface area contributed by atoms with Gasteiger partial charge in [0.15, 0.2) is 0 Å². The molecule has 30 heavy (non-hydrogen) atoms. The van der Waals surface area contributed by atoms with Crippen LogP contribution in [0.5, 0.6) is 0 Å². The molecule has 2 amide bonds. The van der Waals surface area contributed by atoms with E-state index in [2.05, 4.69) is 5.32 Å². The molecule has 0 bridgehead atoms. The molecule has 0 aliphatic carbocycles. The number of carbonyl (C=O) groups is 2. The lowest BCUT2D eigenvalue weighted by molar-refractivity contribution is -0.117. The van der Waals surface area contributed by atoms with Gasteiger partial charge in [0.25, 0.3) is 5.91 Å². The minimum atomic E-state index is -3.65. The summed E-state index contributed by atoms with van der Waals surface area (Å²) < 4.78 is 26.9. The highest BCUT2D eigenvalue weighted by Crippen LogP contribution is 2.24. The van der Waals surface area contributed by atoms with Crippen molar-refractivity contribution in [3.8, 4) is 0 Å². The number of nitrogens with zero attached hydrogens (tertiary/aromatic N) is 2. The maximum absolute atomic E-state index is 12.8. The molecule has 0 unspecified atom stereocenters. The Hall–Kier alpha value is -2.71. The van der Waals surface area contributed by atoms with E-state index in [0.29, 0.717) is 42.9 Å². The predicted octanol–water partition coefficient (Wildman–Crippen LogP) is 3.40. The van der Waals surface area contributed by atoms with Crippen molar-refractivity contribution in [2.24, 2.45) is 0 Å². The van der Waals surface area contributed by atoms with Crippen LogP contribution < -0.4 is 10.2 Å². The third-order valence-electron chi connectivity index (χ3n) is 5.31. The third kappa shape index (κ3) is 4.39. The Balaban J connectivity index is 1.81. The van der Waals surface area contributed by atoms with Crippen LogP contribution >= 0.6 is 0 Å². The molecule has 0 aromatic heterocycles. The minimum Gasteiger partial charge on any atom is -0.322 e. The van der Waals surface area contributed by atoms with Crippen molar-refractivity contribution in [2.45, 2.75) is 38.5 Å². The molecular weight excluding hydrogens is 402 g/mol. The number of nitrogens with one attached hydrogen (secondary N) is 1. The number of aryl methyl sites for hydroxylation is 1. The van der Waals surface area contributed by atoms with Crippen LogP contribution in [0.15, 0.2) is 47.4 Å². The summed E-state index contributed by atoms with van der Waals surface area (Å²) in [5.41, 5.74) is 2.37. The zero-order valence-corrected chi connectivity index (χ0v) is 18.3. The van der Waals surface area contributed by atoms with Gasteiger partial charge < -0.3 is 10.2 Å². The van der Waals surface area contributed by atoms with E-state index in [1.165, 1.54) is 16.4 Å². The van der Waals surface area contributed by atoms with E-state index in [9.17, 15) is 18.0 Å². The van der Waals surface area contributed by atoms with Crippen LogP contribution in [-0.2, 0) is 14.8 Å². The van der Waals surface area contributed by atoms with E-state index in [1.54, 1.807) is 56.0 Å². The number of rotatable bonds is 7. The summed E-state index contributed by atoms with van der Waals surface area (Å²) >= 11 is 0. The lowest BCUT2D eigenvalue weighted by Gasteiger charge is -2.19. The standard InChI is InChI=1S/C22H27N3O4S/c1-4-24(5-2)30(28,29)19-13-8-16(3)20(15-19)22(27)23-17-9-11-18(12-10-17)25-14-6-7-21(25)26/h8-13,15H,4-7,14H2,1-3H3,(H,23,27). The van der Waals surface area contributed by atoms with Crippen molar-refractivity contribution in [3.05, 3.63) is 53.6 Å². The molecule has 0 radical (unpaired) electrons. The van der Waals surface area contributed by atoms with E-state index < -0.39 is 10.0 Å². The fourth-order valence-corrected chi connectivity index (χ4v) is 5.05. The van der Waals surface area contributed by atoms with Crippen molar-refractivity contribution in [3.63, 3.8) is 0 Å². The monoisotopic (exact) mass is 429 g/mol. The van der Waals surface area contributed by atoms with Crippen molar-refractivity contribution in [1.29, 1.82) is 0 Å². The molecule has 1 fully saturated rings. The predicted molar refractivity (Wildman–Crippen MR) is 117 cm³/mol. The number of carbonyl (C=O) groups excluding carboxylic acids is 2. The largest absolute Gasteiger partial charge is 0.322 e. The Kier molecular flexibility index (Phi) is 6.58. The van der Waals surface area contributed by atoms with Crippen LogP contribution in [0, 0.1) is 6.92 Å². The van der Waals surface area contributed by atoms with Gasteiger partial charge in [-0.15, -0.1) is 0 Å². The van der Waals surface area contributed by atoms with Crippen molar-refractivity contribution < 1.29 is 18.0 Å². The van der Waals surface area contributed by atoms with E-state index >= 15 is 0 Å². The van der Waals surface area contributed by atoms with Gasteiger partial charge in [-0.2, -0.15) is 4.31 Å². The SMILES string of the molecule is CCN(CC)S(=O)(=O)c1ccc(C)c(C(=O)Nc2ccc(N3CCCC3=O)cc2)c1. The molecule has 1 aliphatic rings. The number of hydrogen-bond donors (Lipinski definition) is 1. The molecule has 1 N–H and O–H groups in total. The highest BCUT2D eigenvalue weighted by Gasteiger charge is 2.24.